The monoisotopic (exact) mass is 283 g/mol. The number of ketones is 1. The first-order valence-corrected chi connectivity index (χ1v) is 6.86. The van der Waals surface area contributed by atoms with Crippen LogP contribution < -0.4 is 0 Å². The van der Waals surface area contributed by atoms with Crippen LogP contribution in [0, 0.1) is 6.92 Å². The highest BCUT2D eigenvalue weighted by Gasteiger charge is 2.10. The fourth-order valence-corrected chi connectivity index (χ4v) is 2.66. The van der Waals surface area contributed by atoms with Crippen LogP contribution >= 0.6 is 11.6 Å². The second-order valence-electron chi connectivity index (χ2n) is 4.89. The molecule has 3 aromatic rings. The number of Topliss-reactive ketones (excluding diaryl/α,β-unsaturated/α-hetero) is 1. The molecule has 1 aromatic heterocycles. The van der Waals surface area contributed by atoms with Crippen molar-refractivity contribution in [1.82, 2.24) is 4.57 Å². The maximum Gasteiger partial charge on any atom is 0.182 e. The van der Waals surface area contributed by atoms with Crippen molar-refractivity contribution in [3.05, 3.63) is 70.9 Å². The van der Waals surface area contributed by atoms with Crippen molar-refractivity contribution in [2.45, 2.75) is 13.5 Å². The summed E-state index contributed by atoms with van der Waals surface area (Å²) in [5.41, 5.74) is 2.91. The van der Waals surface area contributed by atoms with Crippen molar-refractivity contribution in [3.8, 4) is 0 Å². The van der Waals surface area contributed by atoms with Crippen LogP contribution in [-0.4, -0.2) is 10.4 Å². The SMILES string of the molecule is Cc1cn(CC(=O)c2cccc(Cl)c2)c2ccccc12. The van der Waals surface area contributed by atoms with Crippen LogP contribution in [0.1, 0.15) is 15.9 Å². The van der Waals surface area contributed by atoms with E-state index in [-0.39, 0.29) is 5.78 Å². The van der Waals surface area contributed by atoms with Crippen LogP contribution in [0.25, 0.3) is 10.9 Å². The summed E-state index contributed by atoms with van der Waals surface area (Å²) in [4.78, 5) is 12.3. The molecule has 0 N–H and O–H groups in total. The molecule has 0 spiro atoms. The fourth-order valence-electron chi connectivity index (χ4n) is 2.47. The second-order valence-corrected chi connectivity index (χ2v) is 5.33. The number of aryl methyl sites for hydroxylation is 1. The lowest BCUT2D eigenvalue weighted by Crippen LogP contribution is -2.09. The smallest absolute Gasteiger partial charge is 0.182 e. The molecule has 0 aliphatic carbocycles. The number of rotatable bonds is 3. The summed E-state index contributed by atoms with van der Waals surface area (Å²) in [5, 5.41) is 1.77. The Balaban J connectivity index is 1.95. The highest BCUT2D eigenvalue weighted by Crippen LogP contribution is 2.21. The number of benzene rings is 2. The Labute approximate surface area is 122 Å². The van der Waals surface area contributed by atoms with Gasteiger partial charge in [0.05, 0.1) is 6.54 Å². The van der Waals surface area contributed by atoms with Crippen molar-refractivity contribution in [2.24, 2.45) is 0 Å². The fraction of sp³-hybridized carbons (Fsp3) is 0.118. The lowest BCUT2D eigenvalue weighted by molar-refractivity contribution is 0.0973. The zero-order valence-electron chi connectivity index (χ0n) is 11.1. The Morgan fingerprint density at radius 1 is 1.15 bits per heavy atom. The molecule has 0 aliphatic rings. The summed E-state index contributed by atoms with van der Waals surface area (Å²) in [6.07, 6.45) is 2.02. The van der Waals surface area contributed by atoms with E-state index >= 15 is 0 Å². The summed E-state index contributed by atoms with van der Waals surface area (Å²) in [6, 6.07) is 15.2. The summed E-state index contributed by atoms with van der Waals surface area (Å²) in [5.74, 6) is 0.0632. The van der Waals surface area contributed by atoms with E-state index in [0.29, 0.717) is 17.1 Å². The number of carbonyl (C=O) groups excluding carboxylic acids is 1. The van der Waals surface area contributed by atoms with Gasteiger partial charge in [-0.3, -0.25) is 4.79 Å². The van der Waals surface area contributed by atoms with Crippen LogP contribution in [0.3, 0.4) is 0 Å². The molecule has 2 aromatic carbocycles. The average Bonchev–Trinajstić information content (AvgIpc) is 2.76. The first kappa shape index (κ1) is 12.9. The van der Waals surface area contributed by atoms with E-state index in [4.69, 9.17) is 11.6 Å². The molecule has 100 valence electrons. The van der Waals surface area contributed by atoms with Crippen molar-refractivity contribution >= 4 is 28.3 Å². The normalized spacial score (nSPS) is 10.9. The van der Waals surface area contributed by atoms with E-state index in [1.807, 2.05) is 29.0 Å². The van der Waals surface area contributed by atoms with Crippen molar-refractivity contribution in [2.75, 3.05) is 0 Å². The molecule has 0 bridgehead atoms. The number of nitrogens with zero attached hydrogens (tertiary/aromatic N) is 1. The largest absolute Gasteiger partial charge is 0.339 e. The van der Waals surface area contributed by atoms with Crippen LogP contribution in [0.4, 0.5) is 0 Å². The molecule has 0 aliphatic heterocycles. The quantitative estimate of drug-likeness (QED) is 0.649. The van der Waals surface area contributed by atoms with Gasteiger partial charge in [-0.05, 0) is 30.7 Å². The van der Waals surface area contributed by atoms with Crippen molar-refractivity contribution < 1.29 is 4.79 Å². The van der Waals surface area contributed by atoms with E-state index in [1.165, 1.54) is 10.9 Å². The number of aromatic nitrogens is 1. The van der Waals surface area contributed by atoms with E-state index in [1.54, 1.807) is 24.3 Å². The van der Waals surface area contributed by atoms with Crippen molar-refractivity contribution in [1.29, 1.82) is 0 Å². The van der Waals surface area contributed by atoms with E-state index in [9.17, 15) is 4.79 Å². The standard InChI is InChI=1S/C17H14ClNO/c1-12-10-19(16-8-3-2-7-15(12)16)11-17(20)13-5-4-6-14(18)9-13/h2-10H,11H2,1H3. The van der Waals surface area contributed by atoms with Gasteiger partial charge in [0.2, 0.25) is 0 Å². The molecule has 0 radical (unpaired) electrons. The number of halogens is 1. The zero-order chi connectivity index (χ0) is 14.1. The molecule has 0 unspecified atom stereocenters. The minimum absolute atomic E-state index is 0.0632. The molecule has 3 rings (SSSR count). The minimum Gasteiger partial charge on any atom is -0.339 e. The first-order valence-electron chi connectivity index (χ1n) is 6.48. The second kappa shape index (κ2) is 5.14. The molecule has 20 heavy (non-hydrogen) atoms. The van der Waals surface area contributed by atoms with Gasteiger partial charge in [-0.25, -0.2) is 0 Å². The number of para-hydroxylation sites is 1. The van der Waals surface area contributed by atoms with E-state index in [2.05, 4.69) is 13.0 Å². The van der Waals surface area contributed by atoms with Gasteiger partial charge >= 0.3 is 0 Å². The number of hydrogen-bond acceptors (Lipinski definition) is 1. The summed E-state index contributed by atoms with van der Waals surface area (Å²) in [6.45, 7) is 2.39. The highest BCUT2D eigenvalue weighted by atomic mass is 35.5. The van der Waals surface area contributed by atoms with Crippen molar-refractivity contribution in [3.63, 3.8) is 0 Å². The summed E-state index contributed by atoms with van der Waals surface area (Å²) < 4.78 is 1.99. The third-order valence-corrected chi connectivity index (χ3v) is 3.68. The third kappa shape index (κ3) is 2.35. The topological polar surface area (TPSA) is 22.0 Å². The molecule has 0 atom stereocenters. The zero-order valence-corrected chi connectivity index (χ0v) is 11.9. The minimum atomic E-state index is 0.0632. The molecule has 0 amide bonds. The molecule has 0 saturated heterocycles. The van der Waals surface area contributed by atoms with Crippen LogP contribution in [-0.2, 0) is 6.54 Å². The predicted molar refractivity (Wildman–Crippen MR) is 82.5 cm³/mol. The first-order chi connectivity index (χ1) is 9.65. The molecule has 2 nitrogen and oxygen atoms in total. The van der Waals surface area contributed by atoms with Gasteiger partial charge in [0.25, 0.3) is 0 Å². The third-order valence-electron chi connectivity index (χ3n) is 3.45. The van der Waals surface area contributed by atoms with Gasteiger partial charge in [0.15, 0.2) is 5.78 Å². The molecule has 1 heterocycles. The Morgan fingerprint density at radius 2 is 1.95 bits per heavy atom. The van der Waals surface area contributed by atoms with Crippen LogP contribution in [0.2, 0.25) is 5.02 Å². The maximum atomic E-state index is 12.3. The van der Waals surface area contributed by atoms with E-state index in [0.717, 1.165) is 5.52 Å². The Bertz CT molecular complexity index is 789. The molecule has 3 heteroatoms. The summed E-state index contributed by atoms with van der Waals surface area (Å²) >= 11 is 5.93. The van der Waals surface area contributed by atoms with Gasteiger partial charge in [-0.1, -0.05) is 41.9 Å². The van der Waals surface area contributed by atoms with Gasteiger partial charge in [-0.2, -0.15) is 0 Å². The number of hydrogen-bond donors (Lipinski definition) is 0. The van der Waals surface area contributed by atoms with Crippen LogP contribution in [0.15, 0.2) is 54.7 Å². The van der Waals surface area contributed by atoms with Gasteiger partial charge in [-0.15, -0.1) is 0 Å². The molecule has 0 saturated carbocycles. The summed E-state index contributed by atoms with van der Waals surface area (Å²) in [7, 11) is 0. The Kier molecular flexibility index (Phi) is 3.33. The van der Waals surface area contributed by atoms with Crippen LogP contribution in [0.5, 0.6) is 0 Å². The average molecular weight is 284 g/mol. The number of carbonyl (C=O) groups is 1. The van der Waals surface area contributed by atoms with Gasteiger partial charge in [0.1, 0.15) is 0 Å². The maximum absolute atomic E-state index is 12.3. The van der Waals surface area contributed by atoms with E-state index < -0.39 is 0 Å². The molecular formula is C17H14ClNO. The lowest BCUT2D eigenvalue weighted by atomic mass is 10.1. The highest BCUT2D eigenvalue weighted by molar-refractivity contribution is 6.31. The molecular weight excluding hydrogens is 270 g/mol. The van der Waals surface area contributed by atoms with Gasteiger partial charge in [0, 0.05) is 27.7 Å². The van der Waals surface area contributed by atoms with Gasteiger partial charge < -0.3 is 4.57 Å². The number of fused-ring (bicyclic) bond motifs is 1. The molecule has 0 fully saturated rings. The Morgan fingerprint density at radius 3 is 2.75 bits per heavy atom. The Hall–Kier alpha value is -2.06. The predicted octanol–water partition coefficient (Wildman–Crippen LogP) is 4.49. The lowest BCUT2D eigenvalue weighted by Gasteiger charge is -2.05.